The van der Waals surface area contributed by atoms with Crippen LogP contribution in [0.15, 0.2) is 42.5 Å². The number of imidazole rings is 1. The average Bonchev–Trinajstić information content (AvgIpc) is 2.94. The second-order valence-electron chi connectivity index (χ2n) is 6.05. The number of anilines is 1. The molecule has 0 unspecified atom stereocenters. The highest BCUT2D eigenvalue weighted by Crippen LogP contribution is 2.22. The van der Waals surface area contributed by atoms with E-state index in [1.165, 1.54) is 0 Å². The zero-order valence-electron chi connectivity index (χ0n) is 14.9. The van der Waals surface area contributed by atoms with Crippen molar-refractivity contribution in [2.24, 2.45) is 0 Å². The number of carbonyl (C=O) groups is 1. The van der Waals surface area contributed by atoms with E-state index in [-0.39, 0.29) is 12.5 Å². The Bertz CT molecular complexity index is 901. The van der Waals surface area contributed by atoms with Crippen LogP contribution in [0.1, 0.15) is 23.9 Å². The second-order valence-corrected chi connectivity index (χ2v) is 6.91. The van der Waals surface area contributed by atoms with Crippen LogP contribution < -0.4 is 5.32 Å². The quantitative estimate of drug-likeness (QED) is 0.714. The third kappa shape index (κ3) is 3.71. The topological polar surface area (TPSA) is 46.9 Å². The molecule has 1 N–H and O–H groups in total. The summed E-state index contributed by atoms with van der Waals surface area (Å²) in [6, 6.07) is 14.1. The average molecular weight is 353 g/mol. The van der Waals surface area contributed by atoms with Crippen LogP contribution in [-0.4, -0.2) is 21.7 Å². The standard InChI is InChI=1S/C20H23N3OS/c1-4-15-9-7-8-14(2)20(15)22-19(24)12-23-17-11-6-5-10-16(17)21-18(23)13-25-3/h5-11H,4,12-13H2,1-3H3,(H,22,24). The minimum atomic E-state index is -0.0190. The van der Waals surface area contributed by atoms with Gasteiger partial charge in [-0.05, 0) is 42.9 Å². The monoisotopic (exact) mass is 353 g/mol. The van der Waals surface area contributed by atoms with Crippen molar-refractivity contribution in [2.75, 3.05) is 11.6 Å². The molecule has 1 heterocycles. The number of rotatable bonds is 6. The van der Waals surface area contributed by atoms with Crippen molar-refractivity contribution in [2.45, 2.75) is 32.6 Å². The number of amides is 1. The number of aryl methyl sites for hydroxylation is 2. The smallest absolute Gasteiger partial charge is 0.244 e. The summed E-state index contributed by atoms with van der Waals surface area (Å²) in [7, 11) is 0. The van der Waals surface area contributed by atoms with Crippen LogP contribution in [0.4, 0.5) is 5.69 Å². The van der Waals surface area contributed by atoms with E-state index in [0.29, 0.717) is 0 Å². The van der Waals surface area contributed by atoms with E-state index in [0.717, 1.165) is 45.8 Å². The number of nitrogens with zero attached hydrogens (tertiary/aromatic N) is 2. The Hall–Kier alpha value is -2.27. The molecule has 1 amide bonds. The molecule has 25 heavy (non-hydrogen) atoms. The Morgan fingerprint density at radius 1 is 1.20 bits per heavy atom. The summed E-state index contributed by atoms with van der Waals surface area (Å²) in [4.78, 5) is 17.4. The van der Waals surface area contributed by atoms with E-state index in [1.807, 2.05) is 54.1 Å². The van der Waals surface area contributed by atoms with E-state index in [1.54, 1.807) is 11.8 Å². The molecule has 0 atom stereocenters. The van der Waals surface area contributed by atoms with Crippen molar-refractivity contribution in [3.8, 4) is 0 Å². The number of benzene rings is 2. The number of carbonyl (C=O) groups excluding carboxylic acids is 1. The van der Waals surface area contributed by atoms with Crippen molar-refractivity contribution in [3.05, 3.63) is 59.4 Å². The fourth-order valence-corrected chi connectivity index (χ4v) is 3.54. The molecule has 2 aromatic carbocycles. The molecule has 0 aliphatic rings. The molecule has 3 rings (SSSR count). The van der Waals surface area contributed by atoms with Gasteiger partial charge in [-0.15, -0.1) is 0 Å². The van der Waals surface area contributed by atoms with Gasteiger partial charge in [-0.1, -0.05) is 37.3 Å². The first-order valence-corrected chi connectivity index (χ1v) is 9.84. The first-order chi connectivity index (χ1) is 12.1. The van der Waals surface area contributed by atoms with Crippen molar-refractivity contribution in [3.63, 3.8) is 0 Å². The van der Waals surface area contributed by atoms with Crippen LogP contribution in [0, 0.1) is 6.92 Å². The molecule has 130 valence electrons. The number of para-hydroxylation sites is 3. The van der Waals surface area contributed by atoms with Gasteiger partial charge in [0.25, 0.3) is 0 Å². The van der Waals surface area contributed by atoms with Gasteiger partial charge in [-0.2, -0.15) is 11.8 Å². The summed E-state index contributed by atoms with van der Waals surface area (Å²) in [6.07, 6.45) is 2.94. The highest BCUT2D eigenvalue weighted by Gasteiger charge is 2.14. The molecule has 0 aliphatic carbocycles. The zero-order chi connectivity index (χ0) is 17.8. The van der Waals surface area contributed by atoms with Crippen LogP contribution in [0.3, 0.4) is 0 Å². The predicted octanol–water partition coefficient (Wildman–Crippen LogP) is 4.41. The zero-order valence-corrected chi connectivity index (χ0v) is 15.7. The Morgan fingerprint density at radius 2 is 2.00 bits per heavy atom. The molecule has 0 aliphatic heterocycles. The molecule has 0 saturated carbocycles. The van der Waals surface area contributed by atoms with Crippen molar-refractivity contribution in [1.29, 1.82) is 0 Å². The van der Waals surface area contributed by atoms with Crippen LogP contribution >= 0.6 is 11.8 Å². The van der Waals surface area contributed by atoms with Crippen LogP contribution in [0.5, 0.6) is 0 Å². The number of aromatic nitrogens is 2. The number of thioether (sulfide) groups is 1. The predicted molar refractivity (Wildman–Crippen MR) is 106 cm³/mol. The summed E-state index contributed by atoms with van der Waals surface area (Å²) in [6.45, 7) is 4.40. The third-order valence-corrected chi connectivity index (χ3v) is 4.86. The maximum Gasteiger partial charge on any atom is 0.244 e. The lowest BCUT2D eigenvalue weighted by Crippen LogP contribution is -2.21. The number of nitrogens with one attached hydrogen (secondary N) is 1. The van der Waals surface area contributed by atoms with Gasteiger partial charge in [0.1, 0.15) is 12.4 Å². The Kier molecular flexibility index (Phi) is 5.43. The van der Waals surface area contributed by atoms with E-state index in [9.17, 15) is 4.79 Å². The first-order valence-electron chi connectivity index (χ1n) is 8.45. The molecule has 0 fully saturated rings. The van der Waals surface area contributed by atoms with E-state index < -0.39 is 0 Å². The molecule has 0 bridgehead atoms. The highest BCUT2D eigenvalue weighted by atomic mass is 32.2. The SMILES string of the molecule is CCc1cccc(C)c1NC(=O)Cn1c(CSC)nc2ccccc21. The van der Waals surface area contributed by atoms with Crippen LogP contribution in [0.25, 0.3) is 11.0 Å². The maximum absolute atomic E-state index is 12.7. The Morgan fingerprint density at radius 3 is 2.76 bits per heavy atom. The summed E-state index contributed by atoms with van der Waals surface area (Å²) < 4.78 is 2.02. The van der Waals surface area contributed by atoms with Crippen molar-refractivity contribution in [1.82, 2.24) is 9.55 Å². The van der Waals surface area contributed by atoms with Crippen molar-refractivity contribution >= 4 is 34.4 Å². The number of fused-ring (bicyclic) bond motifs is 1. The molecule has 5 heteroatoms. The largest absolute Gasteiger partial charge is 0.324 e. The molecule has 1 aromatic heterocycles. The lowest BCUT2D eigenvalue weighted by Gasteiger charge is -2.14. The Labute approximate surface area is 152 Å². The van der Waals surface area contributed by atoms with E-state index >= 15 is 0 Å². The third-order valence-electron chi connectivity index (χ3n) is 4.31. The fourth-order valence-electron chi connectivity index (χ4n) is 3.07. The first kappa shape index (κ1) is 17.5. The molecule has 0 radical (unpaired) electrons. The minimum Gasteiger partial charge on any atom is -0.324 e. The van der Waals surface area contributed by atoms with Gasteiger partial charge in [-0.25, -0.2) is 4.98 Å². The van der Waals surface area contributed by atoms with Gasteiger partial charge in [0.15, 0.2) is 0 Å². The van der Waals surface area contributed by atoms with Gasteiger partial charge in [0.2, 0.25) is 5.91 Å². The van der Waals surface area contributed by atoms with E-state index in [4.69, 9.17) is 0 Å². The van der Waals surface area contributed by atoms with Gasteiger partial charge < -0.3 is 9.88 Å². The van der Waals surface area contributed by atoms with Crippen LogP contribution in [0.2, 0.25) is 0 Å². The lowest BCUT2D eigenvalue weighted by atomic mass is 10.1. The van der Waals surface area contributed by atoms with Gasteiger partial charge in [0.05, 0.1) is 16.8 Å². The second kappa shape index (κ2) is 7.74. The summed E-state index contributed by atoms with van der Waals surface area (Å²) in [5.41, 5.74) is 5.12. The fraction of sp³-hybridized carbons (Fsp3) is 0.300. The molecular formula is C20H23N3OS. The van der Waals surface area contributed by atoms with Gasteiger partial charge in [-0.3, -0.25) is 4.79 Å². The highest BCUT2D eigenvalue weighted by molar-refractivity contribution is 7.97. The molecule has 0 saturated heterocycles. The minimum absolute atomic E-state index is 0.0190. The lowest BCUT2D eigenvalue weighted by molar-refractivity contribution is -0.116. The summed E-state index contributed by atoms with van der Waals surface area (Å²) >= 11 is 1.71. The van der Waals surface area contributed by atoms with Gasteiger partial charge >= 0.3 is 0 Å². The normalized spacial score (nSPS) is 11.0. The molecule has 3 aromatic rings. The summed E-state index contributed by atoms with van der Waals surface area (Å²) in [5.74, 6) is 1.70. The van der Waals surface area contributed by atoms with Gasteiger partial charge in [0, 0.05) is 5.69 Å². The number of hydrogen-bond acceptors (Lipinski definition) is 3. The molecule has 0 spiro atoms. The molecule has 4 nitrogen and oxygen atoms in total. The number of hydrogen-bond donors (Lipinski definition) is 1. The molecular weight excluding hydrogens is 330 g/mol. The maximum atomic E-state index is 12.7. The van der Waals surface area contributed by atoms with Crippen molar-refractivity contribution < 1.29 is 4.79 Å². The van der Waals surface area contributed by atoms with E-state index in [2.05, 4.69) is 23.3 Å². The Balaban J connectivity index is 1.89. The van der Waals surface area contributed by atoms with Crippen LogP contribution in [-0.2, 0) is 23.5 Å². The summed E-state index contributed by atoms with van der Waals surface area (Å²) in [5, 5.41) is 3.11.